The van der Waals surface area contributed by atoms with Crippen LogP contribution in [0, 0.1) is 0 Å². The van der Waals surface area contributed by atoms with Gasteiger partial charge < -0.3 is 0 Å². The number of sulfonamides is 1. The molecule has 0 N–H and O–H groups in total. The molecule has 0 aromatic carbocycles. The van der Waals surface area contributed by atoms with Gasteiger partial charge >= 0.3 is 0 Å². The summed E-state index contributed by atoms with van der Waals surface area (Å²) in [6.07, 6.45) is 0.524. The molecule has 96 valence electrons. The first kappa shape index (κ1) is 14.2. The minimum absolute atomic E-state index is 0.0910. The normalized spacial score (nSPS) is 23.5. The molecule has 0 aromatic rings. The molecular weight excluding hydrogens is 248 g/mol. The summed E-state index contributed by atoms with van der Waals surface area (Å²) in [7, 11) is -1.09. The zero-order valence-electron chi connectivity index (χ0n) is 10.2. The van der Waals surface area contributed by atoms with Gasteiger partial charge in [0.1, 0.15) is 0 Å². The van der Waals surface area contributed by atoms with Crippen molar-refractivity contribution in [3.05, 3.63) is 0 Å². The SMILES string of the molecule is CN1CCN(S(=O)(=O)CCCCl)CC1(C)C. The number of hydrogen-bond donors (Lipinski definition) is 0. The van der Waals surface area contributed by atoms with E-state index in [0.717, 1.165) is 6.54 Å². The Balaban J connectivity index is 2.69. The van der Waals surface area contributed by atoms with Crippen molar-refractivity contribution in [1.29, 1.82) is 0 Å². The van der Waals surface area contributed by atoms with Crippen LogP contribution in [0.3, 0.4) is 0 Å². The van der Waals surface area contributed by atoms with E-state index in [-0.39, 0.29) is 11.3 Å². The van der Waals surface area contributed by atoms with Crippen LogP contribution in [-0.2, 0) is 10.0 Å². The second-order valence-corrected chi connectivity index (χ2v) is 7.39. The number of nitrogens with zero attached hydrogens (tertiary/aromatic N) is 2. The van der Waals surface area contributed by atoms with Gasteiger partial charge in [0.25, 0.3) is 0 Å². The van der Waals surface area contributed by atoms with Gasteiger partial charge in [0.05, 0.1) is 5.75 Å². The molecule has 1 fully saturated rings. The zero-order valence-corrected chi connectivity index (χ0v) is 11.8. The van der Waals surface area contributed by atoms with Crippen molar-refractivity contribution in [3.63, 3.8) is 0 Å². The predicted molar refractivity (Wildman–Crippen MR) is 67.4 cm³/mol. The molecule has 4 nitrogen and oxygen atoms in total. The van der Waals surface area contributed by atoms with E-state index in [9.17, 15) is 8.42 Å². The average molecular weight is 269 g/mol. The van der Waals surface area contributed by atoms with Crippen LogP contribution in [-0.4, -0.2) is 61.5 Å². The number of rotatable bonds is 4. The van der Waals surface area contributed by atoms with Crippen molar-refractivity contribution in [2.75, 3.05) is 38.3 Å². The smallest absolute Gasteiger partial charge is 0.214 e. The Kier molecular flexibility index (Phi) is 4.63. The van der Waals surface area contributed by atoms with Gasteiger partial charge in [-0.3, -0.25) is 4.90 Å². The standard InChI is InChI=1S/C10H21ClN2O2S/c1-10(2)9-13(7-6-12(10)3)16(14,15)8-4-5-11/h4-9H2,1-3H3. The Bertz CT molecular complexity index is 330. The van der Waals surface area contributed by atoms with E-state index in [1.807, 2.05) is 7.05 Å². The van der Waals surface area contributed by atoms with E-state index >= 15 is 0 Å². The molecule has 0 radical (unpaired) electrons. The molecule has 1 aliphatic rings. The summed E-state index contributed by atoms with van der Waals surface area (Å²) in [4.78, 5) is 2.20. The Morgan fingerprint density at radius 2 is 1.94 bits per heavy atom. The van der Waals surface area contributed by atoms with Crippen LogP contribution in [0.15, 0.2) is 0 Å². The number of likely N-dealkylation sites (N-methyl/N-ethyl adjacent to an activating group) is 1. The van der Waals surface area contributed by atoms with Gasteiger partial charge in [-0.1, -0.05) is 0 Å². The van der Waals surface area contributed by atoms with E-state index in [2.05, 4.69) is 18.7 Å². The fourth-order valence-electron chi connectivity index (χ4n) is 1.80. The number of hydrogen-bond acceptors (Lipinski definition) is 3. The molecule has 0 aromatic heterocycles. The minimum atomic E-state index is -3.12. The van der Waals surface area contributed by atoms with Crippen molar-refractivity contribution >= 4 is 21.6 Å². The predicted octanol–water partition coefficient (Wildman–Crippen LogP) is 0.971. The Morgan fingerprint density at radius 1 is 1.31 bits per heavy atom. The van der Waals surface area contributed by atoms with Crippen LogP contribution in [0.1, 0.15) is 20.3 Å². The largest absolute Gasteiger partial charge is 0.299 e. The van der Waals surface area contributed by atoms with Crippen molar-refractivity contribution in [3.8, 4) is 0 Å². The summed E-state index contributed by atoms with van der Waals surface area (Å²) in [5.41, 5.74) is -0.0910. The van der Waals surface area contributed by atoms with Crippen molar-refractivity contribution in [1.82, 2.24) is 9.21 Å². The summed E-state index contributed by atoms with van der Waals surface area (Å²) in [5.74, 6) is 0.562. The molecule has 0 unspecified atom stereocenters. The Hall–Kier alpha value is 0.160. The Morgan fingerprint density at radius 3 is 2.44 bits per heavy atom. The monoisotopic (exact) mass is 268 g/mol. The van der Waals surface area contributed by atoms with E-state index in [4.69, 9.17) is 11.6 Å². The highest BCUT2D eigenvalue weighted by atomic mass is 35.5. The summed E-state index contributed by atoms with van der Waals surface area (Å²) in [6, 6.07) is 0. The topological polar surface area (TPSA) is 40.6 Å². The third-order valence-corrected chi connectivity index (χ3v) is 5.38. The Labute approximate surface area is 104 Å². The van der Waals surface area contributed by atoms with Crippen molar-refractivity contribution in [2.24, 2.45) is 0 Å². The van der Waals surface area contributed by atoms with Crippen molar-refractivity contribution < 1.29 is 8.42 Å². The van der Waals surface area contributed by atoms with Gasteiger partial charge in [-0.25, -0.2) is 8.42 Å². The lowest BCUT2D eigenvalue weighted by atomic mass is 10.0. The number of alkyl halides is 1. The summed E-state index contributed by atoms with van der Waals surface area (Å²) in [6.45, 7) is 6.07. The highest BCUT2D eigenvalue weighted by Crippen LogP contribution is 2.21. The van der Waals surface area contributed by atoms with E-state index in [1.54, 1.807) is 4.31 Å². The fourth-order valence-corrected chi connectivity index (χ4v) is 3.73. The van der Waals surface area contributed by atoms with Gasteiger partial charge in [0.2, 0.25) is 10.0 Å². The third kappa shape index (κ3) is 3.32. The molecule has 1 rings (SSSR count). The first-order valence-corrected chi connectivity index (χ1v) is 7.69. The van der Waals surface area contributed by atoms with Crippen LogP contribution in [0.25, 0.3) is 0 Å². The van der Waals surface area contributed by atoms with E-state index < -0.39 is 10.0 Å². The van der Waals surface area contributed by atoms with Gasteiger partial charge in [0, 0.05) is 31.1 Å². The quantitative estimate of drug-likeness (QED) is 0.714. The fraction of sp³-hybridized carbons (Fsp3) is 1.00. The number of halogens is 1. The van der Waals surface area contributed by atoms with Gasteiger partial charge in [-0.2, -0.15) is 4.31 Å². The average Bonchev–Trinajstić information content (AvgIpc) is 2.19. The molecule has 1 heterocycles. The molecule has 1 saturated heterocycles. The maximum Gasteiger partial charge on any atom is 0.214 e. The van der Waals surface area contributed by atoms with Crippen LogP contribution in [0.4, 0.5) is 0 Å². The highest BCUT2D eigenvalue weighted by molar-refractivity contribution is 7.89. The molecule has 0 spiro atoms. The van der Waals surface area contributed by atoms with E-state index in [1.165, 1.54) is 0 Å². The third-order valence-electron chi connectivity index (χ3n) is 3.21. The van der Waals surface area contributed by atoms with E-state index in [0.29, 0.717) is 25.4 Å². The molecule has 0 amide bonds. The zero-order chi connectivity index (χ0) is 12.4. The van der Waals surface area contributed by atoms with Crippen LogP contribution in [0.2, 0.25) is 0 Å². The first-order valence-electron chi connectivity index (χ1n) is 5.54. The second kappa shape index (κ2) is 5.21. The molecule has 0 aliphatic carbocycles. The lowest BCUT2D eigenvalue weighted by Gasteiger charge is -2.44. The maximum atomic E-state index is 12.0. The summed E-state index contributed by atoms with van der Waals surface area (Å²) in [5, 5.41) is 0. The maximum absolute atomic E-state index is 12.0. The molecule has 6 heteroatoms. The second-order valence-electron chi connectivity index (χ2n) is 4.93. The van der Waals surface area contributed by atoms with Gasteiger partial charge in [-0.15, -0.1) is 11.6 Å². The van der Waals surface area contributed by atoms with Gasteiger partial charge in [0.15, 0.2) is 0 Å². The van der Waals surface area contributed by atoms with Crippen molar-refractivity contribution in [2.45, 2.75) is 25.8 Å². The molecule has 0 bridgehead atoms. The van der Waals surface area contributed by atoms with Crippen LogP contribution < -0.4 is 0 Å². The lowest BCUT2D eigenvalue weighted by Crippen LogP contribution is -2.59. The van der Waals surface area contributed by atoms with Crippen LogP contribution >= 0.6 is 11.6 Å². The molecule has 16 heavy (non-hydrogen) atoms. The molecule has 0 atom stereocenters. The molecular formula is C10H21ClN2O2S. The molecule has 1 aliphatic heterocycles. The number of piperazine rings is 1. The summed E-state index contributed by atoms with van der Waals surface area (Å²) >= 11 is 5.53. The highest BCUT2D eigenvalue weighted by Gasteiger charge is 2.35. The molecule has 0 saturated carbocycles. The first-order chi connectivity index (χ1) is 7.29. The van der Waals surface area contributed by atoms with Crippen LogP contribution in [0.5, 0.6) is 0 Å². The van der Waals surface area contributed by atoms with Gasteiger partial charge in [-0.05, 0) is 27.3 Å². The minimum Gasteiger partial charge on any atom is -0.299 e. The lowest BCUT2D eigenvalue weighted by molar-refractivity contribution is 0.0802. The summed E-state index contributed by atoms with van der Waals surface area (Å²) < 4.78 is 25.6.